The fourth-order valence-corrected chi connectivity index (χ4v) is 1.40. The van der Waals surface area contributed by atoms with Gasteiger partial charge in [-0.05, 0) is 25.7 Å². The van der Waals surface area contributed by atoms with E-state index in [2.05, 4.69) is 0 Å². The van der Waals surface area contributed by atoms with Crippen LogP contribution in [0.15, 0.2) is 0 Å². The van der Waals surface area contributed by atoms with Gasteiger partial charge < -0.3 is 14.6 Å². The number of aliphatic hydroxyl groups excluding tert-OH is 1. The van der Waals surface area contributed by atoms with E-state index in [0.29, 0.717) is 0 Å². The van der Waals surface area contributed by atoms with Crippen molar-refractivity contribution in [3.63, 3.8) is 0 Å². The first-order valence-electron chi connectivity index (χ1n) is 5.48. The molecule has 1 N–H and O–H groups in total. The van der Waals surface area contributed by atoms with Crippen molar-refractivity contribution < 1.29 is 14.6 Å². The molecule has 86 valence electrons. The number of ether oxygens (including phenoxy) is 2. The molecule has 0 aromatic rings. The third kappa shape index (κ3) is 7.30. The lowest BCUT2D eigenvalue weighted by atomic mass is 10.1. The molecular formula is C11H24O3. The second-order valence-corrected chi connectivity index (χ2v) is 3.60. The van der Waals surface area contributed by atoms with Gasteiger partial charge in [0.05, 0.1) is 6.10 Å². The molecule has 0 aliphatic heterocycles. The summed E-state index contributed by atoms with van der Waals surface area (Å²) in [6, 6.07) is 0. The van der Waals surface area contributed by atoms with E-state index in [0.717, 1.165) is 38.5 Å². The molecule has 0 amide bonds. The SMILES string of the molecule is CCC(O)CCCCCC(OC)OC. The molecular weight excluding hydrogens is 180 g/mol. The second kappa shape index (κ2) is 9.44. The van der Waals surface area contributed by atoms with Gasteiger partial charge in [-0.3, -0.25) is 0 Å². The average molecular weight is 204 g/mol. The number of methoxy groups -OCH3 is 2. The normalized spacial score (nSPS) is 13.5. The molecule has 0 bridgehead atoms. The highest BCUT2D eigenvalue weighted by molar-refractivity contribution is 4.53. The Kier molecular flexibility index (Phi) is 9.35. The molecule has 3 heteroatoms. The number of rotatable bonds is 9. The third-order valence-corrected chi connectivity index (χ3v) is 2.47. The summed E-state index contributed by atoms with van der Waals surface area (Å²) in [5, 5.41) is 9.31. The smallest absolute Gasteiger partial charge is 0.156 e. The summed E-state index contributed by atoms with van der Waals surface area (Å²) >= 11 is 0. The number of aliphatic hydroxyl groups is 1. The molecule has 0 aromatic heterocycles. The highest BCUT2D eigenvalue weighted by Crippen LogP contribution is 2.10. The van der Waals surface area contributed by atoms with E-state index in [1.54, 1.807) is 14.2 Å². The van der Waals surface area contributed by atoms with Crippen LogP contribution in [0.5, 0.6) is 0 Å². The van der Waals surface area contributed by atoms with Crippen molar-refractivity contribution in [1.82, 2.24) is 0 Å². The van der Waals surface area contributed by atoms with Crippen molar-refractivity contribution in [3.8, 4) is 0 Å². The van der Waals surface area contributed by atoms with Gasteiger partial charge in [0.25, 0.3) is 0 Å². The molecule has 0 radical (unpaired) electrons. The Morgan fingerprint density at radius 1 is 1.00 bits per heavy atom. The molecule has 14 heavy (non-hydrogen) atoms. The molecule has 0 fully saturated rings. The summed E-state index contributed by atoms with van der Waals surface area (Å²) in [6.45, 7) is 2.01. The lowest BCUT2D eigenvalue weighted by molar-refractivity contribution is -0.107. The van der Waals surface area contributed by atoms with Gasteiger partial charge in [-0.15, -0.1) is 0 Å². The van der Waals surface area contributed by atoms with E-state index < -0.39 is 0 Å². The van der Waals surface area contributed by atoms with Crippen LogP contribution in [0.2, 0.25) is 0 Å². The molecule has 0 rings (SSSR count). The Morgan fingerprint density at radius 2 is 1.57 bits per heavy atom. The van der Waals surface area contributed by atoms with E-state index >= 15 is 0 Å². The van der Waals surface area contributed by atoms with E-state index in [-0.39, 0.29) is 12.4 Å². The minimum Gasteiger partial charge on any atom is -0.393 e. The molecule has 3 nitrogen and oxygen atoms in total. The Balaban J connectivity index is 3.20. The summed E-state index contributed by atoms with van der Waals surface area (Å²) in [5.74, 6) is 0. The molecule has 0 aliphatic carbocycles. The van der Waals surface area contributed by atoms with Gasteiger partial charge in [0.1, 0.15) is 0 Å². The quantitative estimate of drug-likeness (QED) is 0.463. The molecule has 1 unspecified atom stereocenters. The Labute approximate surface area is 87.4 Å². The first-order chi connectivity index (χ1) is 6.74. The van der Waals surface area contributed by atoms with Gasteiger partial charge >= 0.3 is 0 Å². The molecule has 0 aliphatic rings. The Bertz CT molecular complexity index is 113. The topological polar surface area (TPSA) is 38.7 Å². The molecule has 0 saturated heterocycles. The highest BCUT2D eigenvalue weighted by Gasteiger charge is 2.04. The van der Waals surface area contributed by atoms with Crippen LogP contribution in [-0.4, -0.2) is 31.7 Å². The van der Waals surface area contributed by atoms with Crippen LogP contribution in [0.1, 0.15) is 45.4 Å². The molecule has 0 heterocycles. The van der Waals surface area contributed by atoms with Gasteiger partial charge in [-0.1, -0.05) is 19.8 Å². The summed E-state index contributed by atoms with van der Waals surface area (Å²) in [5.41, 5.74) is 0. The Hall–Kier alpha value is -0.120. The zero-order valence-electron chi connectivity index (χ0n) is 9.66. The van der Waals surface area contributed by atoms with Crippen LogP contribution in [0.3, 0.4) is 0 Å². The minimum atomic E-state index is -0.115. The summed E-state index contributed by atoms with van der Waals surface area (Å²) < 4.78 is 10.2. The maximum atomic E-state index is 9.31. The molecule has 1 atom stereocenters. The molecule has 0 saturated carbocycles. The van der Waals surface area contributed by atoms with E-state index in [9.17, 15) is 5.11 Å². The van der Waals surface area contributed by atoms with Gasteiger partial charge in [0.15, 0.2) is 6.29 Å². The lowest BCUT2D eigenvalue weighted by Gasteiger charge is -2.13. The second-order valence-electron chi connectivity index (χ2n) is 3.60. The highest BCUT2D eigenvalue weighted by atomic mass is 16.7. The van der Waals surface area contributed by atoms with Crippen molar-refractivity contribution in [3.05, 3.63) is 0 Å². The molecule has 0 aromatic carbocycles. The van der Waals surface area contributed by atoms with Gasteiger partial charge in [0, 0.05) is 14.2 Å². The van der Waals surface area contributed by atoms with Gasteiger partial charge in [-0.2, -0.15) is 0 Å². The average Bonchev–Trinajstić information content (AvgIpc) is 2.23. The maximum absolute atomic E-state index is 9.31. The fraction of sp³-hybridized carbons (Fsp3) is 1.00. The van der Waals surface area contributed by atoms with Crippen molar-refractivity contribution >= 4 is 0 Å². The molecule has 0 spiro atoms. The first kappa shape index (κ1) is 13.9. The third-order valence-electron chi connectivity index (χ3n) is 2.47. The zero-order valence-corrected chi connectivity index (χ0v) is 9.66. The monoisotopic (exact) mass is 204 g/mol. The van der Waals surface area contributed by atoms with Crippen LogP contribution in [-0.2, 0) is 9.47 Å². The Morgan fingerprint density at radius 3 is 2.07 bits per heavy atom. The van der Waals surface area contributed by atoms with E-state index in [1.807, 2.05) is 6.92 Å². The minimum absolute atomic E-state index is 0.0638. The number of hydrogen-bond acceptors (Lipinski definition) is 3. The van der Waals surface area contributed by atoms with E-state index in [1.165, 1.54) is 0 Å². The van der Waals surface area contributed by atoms with Crippen molar-refractivity contribution in [1.29, 1.82) is 0 Å². The van der Waals surface area contributed by atoms with Crippen molar-refractivity contribution in [2.45, 2.75) is 57.8 Å². The maximum Gasteiger partial charge on any atom is 0.156 e. The standard InChI is InChI=1S/C11H24O3/c1-4-10(12)8-6-5-7-9-11(13-2)14-3/h10-12H,4-9H2,1-3H3. The first-order valence-corrected chi connectivity index (χ1v) is 5.48. The largest absolute Gasteiger partial charge is 0.393 e. The van der Waals surface area contributed by atoms with Crippen LogP contribution in [0, 0.1) is 0 Å². The van der Waals surface area contributed by atoms with Gasteiger partial charge in [0.2, 0.25) is 0 Å². The fourth-order valence-electron chi connectivity index (χ4n) is 1.40. The van der Waals surface area contributed by atoms with Crippen LogP contribution >= 0.6 is 0 Å². The zero-order chi connectivity index (χ0) is 10.8. The summed E-state index contributed by atoms with van der Waals surface area (Å²) in [4.78, 5) is 0. The van der Waals surface area contributed by atoms with Crippen molar-refractivity contribution in [2.75, 3.05) is 14.2 Å². The van der Waals surface area contributed by atoms with E-state index in [4.69, 9.17) is 9.47 Å². The van der Waals surface area contributed by atoms with Crippen LogP contribution in [0.4, 0.5) is 0 Å². The van der Waals surface area contributed by atoms with Crippen molar-refractivity contribution in [2.24, 2.45) is 0 Å². The van der Waals surface area contributed by atoms with Gasteiger partial charge in [-0.25, -0.2) is 0 Å². The predicted octanol–water partition coefficient (Wildman–Crippen LogP) is 2.33. The van der Waals surface area contributed by atoms with Crippen LogP contribution < -0.4 is 0 Å². The number of unbranched alkanes of at least 4 members (excludes halogenated alkanes) is 2. The lowest BCUT2D eigenvalue weighted by Crippen LogP contribution is -2.12. The summed E-state index contributed by atoms with van der Waals surface area (Å²) in [6.07, 6.45) is 5.87. The summed E-state index contributed by atoms with van der Waals surface area (Å²) in [7, 11) is 3.32. The number of hydrogen-bond donors (Lipinski definition) is 1. The predicted molar refractivity (Wildman–Crippen MR) is 57.2 cm³/mol. The van der Waals surface area contributed by atoms with Crippen LogP contribution in [0.25, 0.3) is 0 Å².